The first kappa shape index (κ1) is 26.3. The normalized spacial score (nSPS) is 19.1. The summed E-state index contributed by atoms with van der Waals surface area (Å²) in [6.45, 7) is 4.31. The van der Waals surface area contributed by atoms with Crippen LogP contribution in [0.15, 0.2) is 42.5 Å². The summed E-state index contributed by atoms with van der Waals surface area (Å²) in [6.07, 6.45) is 2.14. The van der Waals surface area contributed by atoms with E-state index >= 15 is 0 Å². The molecule has 0 spiro atoms. The topological polar surface area (TPSA) is 123 Å². The van der Waals surface area contributed by atoms with Gasteiger partial charge < -0.3 is 15.2 Å². The molecule has 2 aliphatic heterocycles. The molecular formula is C27H31ClN6O4. The minimum atomic E-state index is -0.394. The molecule has 11 heteroatoms. The van der Waals surface area contributed by atoms with Gasteiger partial charge in [0.2, 0.25) is 0 Å². The lowest BCUT2D eigenvalue weighted by atomic mass is 10.0. The number of carbonyl (C=O) groups is 2. The Balaban J connectivity index is 0.00000294. The van der Waals surface area contributed by atoms with Crippen LogP contribution in [0.4, 0.5) is 10.5 Å². The highest BCUT2D eigenvalue weighted by molar-refractivity contribution is 6.26. The van der Waals surface area contributed by atoms with Crippen molar-refractivity contribution in [2.75, 3.05) is 44.8 Å². The molecule has 3 aliphatic rings. The van der Waals surface area contributed by atoms with Crippen LogP contribution < -0.4 is 10.7 Å². The Morgan fingerprint density at radius 3 is 2.66 bits per heavy atom. The fourth-order valence-electron chi connectivity index (χ4n) is 5.48. The van der Waals surface area contributed by atoms with E-state index < -0.39 is 6.03 Å². The van der Waals surface area contributed by atoms with E-state index in [0.29, 0.717) is 54.5 Å². The zero-order valence-electron chi connectivity index (χ0n) is 20.9. The molecule has 1 unspecified atom stereocenters. The van der Waals surface area contributed by atoms with E-state index in [0.717, 1.165) is 42.6 Å². The number of morpholine rings is 1. The van der Waals surface area contributed by atoms with Gasteiger partial charge in [0.25, 0.3) is 0 Å². The van der Waals surface area contributed by atoms with Crippen LogP contribution in [0.25, 0.3) is 22.5 Å². The summed E-state index contributed by atoms with van der Waals surface area (Å²) in [6, 6.07) is 13.3. The van der Waals surface area contributed by atoms with Gasteiger partial charge in [-0.2, -0.15) is 5.10 Å². The molecule has 2 saturated heterocycles. The first-order valence-electron chi connectivity index (χ1n) is 12.7. The average molecular weight is 539 g/mol. The van der Waals surface area contributed by atoms with Crippen molar-refractivity contribution in [3.63, 3.8) is 0 Å². The summed E-state index contributed by atoms with van der Waals surface area (Å²) in [5.41, 5.74) is 8.26. The van der Waals surface area contributed by atoms with Gasteiger partial charge in [0.1, 0.15) is 5.69 Å². The van der Waals surface area contributed by atoms with Crippen molar-refractivity contribution in [1.29, 1.82) is 0 Å². The number of nitrogens with one attached hydrogen (secondary N) is 3. The molecule has 1 aromatic heterocycles. The van der Waals surface area contributed by atoms with Crippen LogP contribution in [0.2, 0.25) is 0 Å². The highest BCUT2D eigenvalue weighted by Crippen LogP contribution is 2.43. The molecule has 2 amide bonds. The first-order chi connectivity index (χ1) is 18.1. The lowest BCUT2D eigenvalue weighted by Gasteiger charge is -2.27. The van der Waals surface area contributed by atoms with Crippen LogP contribution in [0.3, 0.4) is 0 Å². The van der Waals surface area contributed by atoms with Gasteiger partial charge in [-0.3, -0.25) is 20.2 Å². The molecule has 3 heterocycles. The number of nitrogens with zero attached hydrogens (tertiary/aromatic N) is 3. The molecule has 1 aliphatic carbocycles. The number of halogens is 1. The molecule has 10 nitrogen and oxygen atoms in total. The lowest BCUT2D eigenvalue weighted by Crippen LogP contribution is -2.49. The second kappa shape index (κ2) is 11.2. The van der Waals surface area contributed by atoms with E-state index in [1.807, 2.05) is 24.3 Å². The maximum atomic E-state index is 13.6. The fourth-order valence-corrected chi connectivity index (χ4v) is 5.48. The largest absolute Gasteiger partial charge is 0.395 e. The Labute approximate surface area is 226 Å². The van der Waals surface area contributed by atoms with Gasteiger partial charge in [-0.25, -0.2) is 9.80 Å². The van der Waals surface area contributed by atoms with Gasteiger partial charge in [0.15, 0.2) is 5.78 Å². The summed E-state index contributed by atoms with van der Waals surface area (Å²) in [5.74, 6) is -0.164. The highest BCUT2D eigenvalue weighted by Gasteiger charge is 2.35. The van der Waals surface area contributed by atoms with Crippen LogP contribution in [-0.2, 0) is 11.3 Å². The number of urea groups is 1. The lowest BCUT2D eigenvalue weighted by molar-refractivity contribution is 0.0207. The Bertz CT molecular complexity index is 1320. The second-order valence-electron chi connectivity index (χ2n) is 9.69. The van der Waals surface area contributed by atoms with Crippen LogP contribution in [0.5, 0.6) is 0 Å². The van der Waals surface area contributed by atoms with Crippen molar-refractivity contribution >= 4 is 29.9 Å². The van der Waals surface area contributed by atoms with Crippen molar-refractivity contribution in [1.82, 2.24) is 25.5 Å². The summed E-state index contributed by atoms with van der Waals surface area (Å²) < 4.78 is 5.32. The minimum Gasteiger partial charge on any atom is -0.395 e. The number of carbonyl (C=O) groups excluding carboxylic acids is 2. The summed E-state index contributed by atoms with van der Waals surface area (Å²) in [4.78, 5) is 28.6. The van der Waals surface area contributed by atoms with Crippen LogP contribution in [0.1, 0.15) is 34.3 Å². The van der Waals surface area contributed by atoms with Gasteiger partial charge in [0.05, 0.1) is 42.3 Å². The van der Waals surface area contributed by atoms with Crippen molar-refractivity contribution in [3.05, 3.63) is 59.2 Å². The maximum absolute atomic E-state index is 13.6. The predicted molar refractivity (Wildman–Crippen MR) is 145 cm³/mol. The molecule has 2 fully saturated rings. The Morgan fingerprint density at radius 1 is 1.11 bits per heavy atom. The van der Waals surface area contributed by atoms with Gasteiger partial charge in [0, 0.05) is 36.8 Å². The molecule has 2 aromatic carbocycles. The molecule has 0 radical (unpaired) electrons. The third-order valence-corrected chi connectivity index (χ3v) is 7.40. The minimum absolute atomic E-state index is 0. The standard InChI is InChI=1S/C27H30N6O4.ClH/c34-16-19-3-2-10-32(19)15-17-6-8-18(9-7-17)24-23-25(30-29-24)20-4-1-5-21(22(20)26(23)35)28-27(36)31-33-11-13-37-14-12-33;/h1,4-9,19,34H,2-3,10-16H2,(H,29,30)(H2,28,31,36);1H. The van der Waals surface area contributed by atoms with E-state index in [4.69, 9.17) is 4.74 Å². The third kappa shape index (κ3) is 4.93. The van der Waals surface area contributed by atoms with E-state index in [1.165, 1.54) is 0 Å². The summed E-state index contributed by atoms with van der Waals surface area (Å²) in [7, 11) is 0. The quantitative estimate of drug-likeness (QED) is 0.297. The number of amides is 2. The number of rotatable bonds is 6. The molecule has 1 atom stereocenters. The molecule has 200 valence electrons. The molecule has 6 rings (SSSR count). The molecule has 4 N–H and O–H groups in total. The number of hydrazine groups is 1. The number of aromatic amines is 1. The summed E-state index contributed by atoms with van der Waals surface area (Å²) in [5, 5.41) is 21.8. The molecule has 0 bridgehead atoms. The predicted octanol–water partition coefficient (Wildman–Crippen LogP) is 3.04. The van der Waals surface area contributed by atoms with Crippen LogP contribution in [-0.4, -0.2) is 82.5 Å². The Kier molecular flexibility index (Phi) is 7.78. The molecule has 38 heavy (non-hydrogen) atoms. The number of hydrogen-bond donors (Lipinski definition) is 4. The van der Waals surface area contributed by atoms with Gasteiger partial charge in [-0.05, 0) is 31.0 Å². The van der Waals surface area contributed by atoms with E-state index in [-0.39, 0.29) is 30.8 Å². The van der Waals surface area contributed by atoms with Crippen molar-refractivity contribution in [2.24, 2.45) is 0 Å². The summed E-state index contributed by atoms with van der Waals surface area (Å²) >= 11 is 0. The number of ketones is 1. The van der Waals surface area contributed by atoms with Crippen molar-refractivity contribution in [2.45, 2.75) is 25.4 Å². The SMILES string of the molecule is Cl.O=C(Nc1cccc2c1C(=O)c1c(-c3ccc(CN4CCCC4CO)cc3)n[nH]c1-2)NN1CCOCC1. The smallest absolute Gasteiger partial charge is 0.333 e. The molecular weight excluding hydrogens is 508 g/mol. The van der Waals surface area contributed by atoms with E-state index in [2.05, 4.69) is 38.0 Å². The van der Waals surface area contributed by atoms with Crippen molar-refractivity contribution < 1.29 is 19.4 Å². The number of aromatic nitrogens is 2. The number of anilines is 1. The van der Waals surface area contributed by atoms with Gasteiger partial charge >= 0.3 is 6.03 Å². The van der Waals surface area contributed by atoms with Crippen LogP contribution >= 0.6 is 12.4 Å². The number of H-pyrrole nitrogens is 1. The molecule has 3 aromatic rings. The second-order valence-corrected chi connectivity index (χ2v) is 9.69. The average Bonchev–Trinajstić information content (AvgIpc) is 3.62. The number of benzene rings is 2. The number of fused-ring (bicyclic) bond motifs is 3. The number of aliphatic hydroxyl groups excluding tert-OH is 1. The zero-order valence-corrected chi connectivity index (χ0v) is 21.7. The molecule has 0 saturated carbocycles. The number of ether oxygens (including phenoxy) is 1. The third-order valence-electron chi connectivity index (χ3n) is 7.40. The maximum Gasteiger partial charge on any atom is 0.333 e. The number of aliphatic hydroxyl groups is 1. The number of likely N-dealkylation sites (tertiary alicyclic amines) is 1. The fraction of sp³-hybridized carbons (Fsp3) is 0.370. The first-order valence-corrected chi connectivity index (χ1v) is 12.7. The van der Waals surface area contributed by atoms with Gasteiger partial charge in [-0.1, -0.05) is 36.4 Å². The van der Waals surface area contributed by atoms with Crippen molar-refractivity contribution in [3.8, 4) is 22.5 Å². The number of hydrogen-bond acceptors (Lipinski definition) is 7. The van der Waals surface area contributed by atoms with Crippen LogP contribution in [0, 0.1) is 0 Å². The monoisotopic (exact) mass is 538 g/mol. The van der Waals surface area contributed by atoms with E-state index in [1.54, 1.807) is 11.1 Å². The Hall–Kier alpha value is -3.28. The Morgan fingerprint density at radius 2 is 1.89 bits per heavy atom. The van der Waals surface area contributed by atoms with Gasteiger partial charge in [-0.15, -0.1) is 12.4 Å². The zero-order chi connectivity index (χ0) is 25.4. The highest BCUT2D eigenvalue weighted by atomic mass is 35.5. The van der Waals surface area contributed by atoms with E-state index in [9.17, 15) is 14.7 Å².